The predicted octanol–water partition coefficient (Wildman–Crippen LogP) is 3.72. The Morgan fingerprint density at radius 2 is 1.74 bits per heavy atom. The van der Waals surface area contributed by atoms with Gasteiger partial charge in [0.2, 0.25) is 10.0 Å². The van der Waals surface area contributed by atoms with Crippen LogP contribution in [0, 0.1) is 5.82 Å². The summed E-state index contributed by atoms with van der Waals surface area (Å²) in [6.07, 6.45) is 2.28. The van der Waals surface area contributed by atoms with E-state index in [9.17, 15) is 17.6 Å². The maximum absolute atomic E-state index is 14.1. The van der Waals surface area contributed by atoms with Gasteiger partial charge in [0.05, 0.1) is 24.8 Å². The van der Waals surface area contributed by atoms with Crippen LogP contribution in [0.1, 0.15) is 18.1 Å². The van der Waals surface area contributed by atoms with Crippen molar-refractivity contribution in [2.24, 2.45) is 5.10 Å². The number of rotatable bonds is 11. The first-order valence-electron chi connectivity index (χ1n) is 10.8. The largest absolute Gasteiger partial charge is 0.490 e. The first-order chi connectivity index (χ1) is 16.8. The van der Waals surface area contributed by atoms with Gasteiger partial charge in [-0.1, -0.05) is 42.5 Å². The van der Waals surface area contributed by atoms with Gasteiger partial charge in [-0.05, 0) is 48.4 Å². The summed E-state index contributed by atoms with van der Waals surface area (Å²) < 4.78 is 50.5. The molecule has 0 spiro atoms. The van der Waals surface area contributed by atoms with Crippen molar-refractivity contribution in [2.45, 2.75) is 13.5 Å². The number of anilines is 1. The molecule has 0 unspecified atom stereocenters. The number of benzene rings is 3. The second kappa shape index (κ2) is 12.0. The van der Waals surface area contributed by atoms with E-state index in [-0.39, 0.29) is 5.69 Å². The number of hydrazone groups is 1. The summed E-state index contributed by atoms with van der Waals surface area (Å²) in [6.45, 7) is 2.03. The molecule has 0 saturated carbocycles. The Balaban J connectivity index is 1.66. The molecule has 1 amide bonds. The van der Waals surface area contributed by atoms with E-state index in [1.165, 1.54) is 24.4 Å². The second-order valence-corrected chi connectivity index (χ2v) is 9.33. The topological polar surface area (TPSA) is 97.3 Å². The van der Waals surface area contributed by atoms with Crippen molar-refractivity contribution < 1.29 is 27.1 Å². The highest BCUT2D eigenvalue weighted by atomic mass is 32.2. The first kappa shape index (κ1) is 25.7. The summed E-state index contributed by atoms with van der Waals surface area (Å²) in [6, 6.07) is 20.2. The maximum atomic E-state index is 14.1. The van der Waals surface area contributed by atoms with Crippen LogP contribution in [0.15, 0.2) is 77.9 Å². The highest BCUT2D eigenvalue weighted by Gasteiger charge is 2.23. The normalized spacial score (nSPS) is 11.3. The third kappa shape index (κ3) is 7.54. The lowest BCUT2D eigenvalue weighted by Crippen LogP contribution is -2.39. The van der Waals surface area contributed by atoms with Crippen molar-refractivity contribution in [3.05, 3.63) is 89.7 Å². The van der Waals surface area contributed by atoms with E-state index < -0.39 is 28.3 Å². The van der Waals surface area contributed by atoms with E-state index >= 15 is 0 Å². The molecule has 0 fully saturated rings. The summed E-state index contributed by atoms with van der Waals surface area (Å²) >= 11 is 0. The molecule has 0 bridgehead atoms. The summed E-state index contributed by atoms with van der Waals surface area (Å²) in [5.41, 5.74) is 3.68. The van der Waals surface area contributed by atoms with Crippen LogP contribution in [0.2, 0.25) is 0 Å². The van der Waals surface area contributed by atoms with Gasteiger partial charge in [0, 0.05) is 0 Å². The van der Waals surface area contributed by atoms with Gasteiger partial charge < -0.3 is 9.47 Å². The van der Waals surface area contributed by atoms with Crippen LogP contribution in [0.25, 0.3) is 0 Å². The predicted molar refractivity (Wildman–Crippen MR) is 133 cm³/mol. The number of hydrogen-bond acceptors (Lipinski definition) is 6. The molecule has 0 radical (unpaired) electrons. The zero-order chi connectivity index (χ0) is 25.3. The molecule has 0 aliphatic carbocycles. The quantitative estimate of drug-likeness (QED) is 0.320. The van der Waals surface area contributed by atoms with E-state index in [4.69, 9.17) is 9.47 Å². The zero-order valence-electron chi connectivity index (χ0n) is 19.3. The fourth-order valence-electron chi connectivity index (χ4n) is 3.11. The molecule has 35 heavy (non-hydrogen) atoms. The molecule has 0 aliphatic heterocycles. The van der Waals surface area contributed by atoms with Crippen LogP contribution in [0.5, 0.6) is 11.5 Å². The number of sulfonamides is 1. The van der Waals surface area contributed by atoms with Crippen LogP contribution in [-0.4, -0.2) is 39.9 Å². The molecular weight excluding hydrogens is 473 g/mol. The maximum Gasteiger partial charge on any atom is 0.260 e. The minimum atomic E-state index is -3.90. The van der Waals surface area contributed by atoms with E-state index in [0.29, 0.717) is 34.6 Å². The summed E-state index contributed by atoms with van der Waals surface area (Å²) in [7, 11) is -3.90. The molecular formula is C25H26FN3O5S. The van der Waals surface area contributed by atoms with Crippen LogP contribution < -0.4 is 19.2 Å². The van der Waals surface area contributed by atoms with Crippen molar-refractivity contribution >= 4 is 27.8 Å². The summed E-state index contributed by atoms with van der Waals surface area (Å²) in [5, 5.41) is 3.88. The average molecular weight is 500 g/mol. The summed E-state index contributed by atoms with van der Waals surface area (Å²) in [5.74, 6) is -0.415. The molecule has 0 atom stereocenters. The number of halogens is 1. The molecule has 3 aromatic carbocycles. The van der Waals surface area contributed by atoms with Crippen molar-refractivity contribution in [1.29, 1.82) is 0 Å². The number of nitrogens with one attached hydrogen (secondary N) is 1. The van der Waals surface area contributed by atoms with Gasteiger partial charge in [-0.2, -0.15) is 5.10 Å². The third-order valence-electron chi connectivity index (χ3n) is 4.72. The van der Waals surface area contributed by atoms with Gasteiger partial charge in [-0.25, -0.2) is 18.2 Å². The third-order valence-corrected chi connectivity index (χ3v) is 5.84. The molecule has 0 heterocycles. The first-order valence-corrected chi connectivity index (χ1v) is 12.6. The van der Waals surface area contributed by atoms with Gasteiger partial charge in [0.15, 0.2) is 11.5 Å². The number of amides is 1. The number of carbonyl (C=O) groups excluding carboxylic acids is 1. The van der Waals surface area contributed by atoms with E-state index in [2.05, 4.69) is 10.5 Å². The van der Waals surface area contributed by atoms with E-state index in [1.54, 1.807) is 18.2 Å². The van der Waals surface area contributed by atoms with E-state index in [1.807, 2.05) is 37.3 Å². The number of para-hydroxylation sites is 1. The highest BCUT2D eigenvalue weighted by Crippen LogP contribution is 2.29. The van der Waals surface area contributed by atoms with Gasteiger partial charge in [-0.3, -0.25) is 9.10 Å². The number of nitrogens with zero attached hydrogens (tertiary/aromatic N) is 2. The molecule has 10 heteroatoms. The van der Waals surface area contributed by atoms with Crippen molar-refractivity contribution in [3.63, 3.8) is 0 Å². The number of carbonyl (C=O) groups is 1. The monoisotopic (exact) mass is 499 g/mol. The highest BCUT2D eigenvalue weighted by molar-refractivity contribution is 7.92. The van der Waals surface area contributed by atoms with Gasteiger partial charge in [0.25, 0.3) is 5.91 Å². The van der Waals surface area contributed by atoms with Crippen molar-refractivity contribution in [1.82, 2.24) is 5.43 Å². The second-order valence-electron chi connectivity index (χ2n) is 7.43. The lowest BCUT2D eigenvalue weighted by atomic mass is 10.2. The Hall–Kier alpha value is -3.92. The molecule has 0 aliphatic rings. The SMILES string of the molecule is CCOc1cc(/C=N\NC(=O)CN(c2ccccc2F)S(C)(=O)=O)ccc1OCc1ccccc1. The standard InChI is InChI=1S/C25H26FN3O5S/c1-3-33-24-15-20(13-14-23(24)34-18-19-9-5-4-6-10-19)16-27-28-25(30)17-29(35(2,31)32)22-12-8-7-11-21(22)26/h4-16H,3,17-18H2,1-2H3,(H,28,30)/b27-16-. The van der Waals surface area contributed by atoms with Crippen molar-refractivity contribution in [3.8, 4) is 11.5 Å². The van der Waals surface area contributed by atoms with Gasteiger partial charge >= 0.3 is 0 Å². The summed E-state index contributed by atoms with van der Waals surface area (Å²) in [4.78, 5) is 12.3. The molecule has 184 valence electrons. The lowest BCUT2D eigenvalue weighted by molar-refractivity contribution is -0.119. The Labute approximate surface area is 204 Å². The molecule has 3 rings (SSSR count). The van der Waals surface area contributed by atoms with Crippen LogP contribution in [-0.2, 0) is 21.4 Å². The minimum Gasteiger partial charge on any atom is -0.490 e. The fraction of sp³-hybridized carbons (Fsp3) is 0.200. The molecule has 0 saturated heterocycles. The molecule has 1 N–H and O–H groups in total. The van der Waals surface area contributed by atoms with Gasteiger partial charge in [0.1, 0.15) is 19.0 Å². The molecule has 3 aromatic rings. The van der Waals surface area contributed by atoms with Crippen LogP contribution in [0.3, 0.4) is 0 Å². The molecule has 8 nitrogen and oxygen atoms in total. The Morgan fingerprint density at radius 1 is 1.03 bits per heavy atom. The van der Waals surface area contributed by atoms with E-state index in [0.717, 1.165) is 17.9 Å². The number of hydrogen-bond donors (Lipinski definition) is 1. The van der Waals surface area contributed by atoms with Gasteiger partial charge in [-0.15, -0.1) is 0 Å². The lowest BCUT2D eigenvalue weighted by Gasteiger charge is -2.21. The average Bonchev–Trinajstić information content (AvgIpc) is 2.83. The zero-order valence-corrected chi connectivity index (χ0v) is 20.2. The van der Waals surface area contributed by atoms with Crippen LogP contribution >= 0.6 is 0 Å². The Kier molecular flexibility index (Phi) is 8.80. The number of ether oxygens (including phenoxy) is 2. The fourth-order valence-corrected chi connectivity index (χ4v) is 3.96. The van der Waals surface area contributed by atoms with Crippen molar-refractivity contribution in [2.75, 3.05) is 23.7 Å². The Morgan fingerprint density at radius 3 is 2.43 bits per heavy atom. The Bertz CT molecular complexity index is 1280. The van der Waals surface area contributed by atoms with Crippen LogP contribution in [0.4, 0.5) is 10.1 Å². The minimum absolute atomic E-state index is 0.221. The molecule has 0 aromatic heterocycles. The smallest absolute Gasteiger partial charge is 0.260 e.